The van der Waals surface area contributed by atoms with Gasteiger partial charge < -0.3 is 15.4 Å². The molecule has 176 valence electrons. The summed E-state index contributed by atoms with van der Waals surface area (Å²) in [7, 11) is -3.87. The highest BCUT2D eigenvalue weighted by Crippen LogP contribution is 2.36. The molecule has 0 unspecified atom stereocenters. The third-order valence-corrected chi connectivity index (χ3v) is 8.17. The Morgan fingerprint density at radius 2 is 2.09 bits per heavy atom. The van der Waals surface area contributed by atoms with Crippen LogP contribution >= 0.6 is 11.6 Å². The molecule has 4 rings (SSSR count). The molecule has 0 aromatic heterocycles. The molecule has 2 aliphatic rings. The monoisotopic (exact) mass is 491 g/mol. The lowest BCUT2D eigenvalue weighted by Crippen LogP contribution is -2.44. The minimum atomic E-state index is -3.87. The molecule has 2 heterocycles. The van der Waals surface area contributed by atoms with E-state index in [1.165, 1.54) is 10.4 Å². The van der Waals surface area contributed by atoms with Crippen molar-refractivity contribution in [2.24, 2.45) is 5.92 Å². The lowest BCUT2D eigenvalue weighted by Gasteiger charge is -2.32. The zero-order valence-electron chi connectivity index (χ0n) is 18.4. The van der Waals surface area contributed by atoms with Gasteiger partial charge in [0, 0.05) is 29.9 Å². The smallest absolute Gasteiger partial charge is 0.265 e. The number of sulfonamides is 1. The number of carbonyl (C=O) groups excluding carboxylic acids is 2. The Morgan fingerprint density at radius 1 is 1.30 bits per heavy atom. The Kier molecular flexibility index (Phi) is 6.65. The van der Waals surface area contributed by atoms with Crippen molar-refractivity contribution in [2.45, 2.75) is 44.1 Å². The maximum atomic E-state index is 13.5. The highest BCUT2D eigenvalue weighted by Gasteiger charge is 2.36. The second-order valence-electron chi connectivity index (χ2n) is 8.32. The largest absolute Gasteiger partial charge is 0.478 e. The van der Waals surface area contributed by atoms with Gasteiger partial charge in [0.25, 0.3) is 5.91 Å². The number of benzene rings is 2. The number of fused-ring (bicyclic) bond motifs is 1. The van der Waals surface area contributed by atoms with Crippen LogP contribution in [0.25, 0.3) is 0 Å². The van der Waals surface area contributed by atoms with Gasteiger partial charge in [0.1, 0.15) is 5.75 Å². The number of rotatable bonds is 5. The molecule has 0 spiro atoms. The summed E-state index contributed by atoms with van der Waals surface area (Å²) >= 11 is 5.98. The van der Waals surface area contributed by atoms with E-state index < -0.39 is 22.0 Å². The number of halogens is 1. The zero-order chi connectivity index (χ0) is 23.8. The molecule has 2 N–H and O–H groups in total. The van der Waals surface area contributed by atoms with Gasteiger partial charge in [-0.1, -0.05) is 24.6 Å². The van der Waals surface area contributed by atoms with Crippen LogP contribution in [0.2, 0.25) is 5.02 Å². The van der Waals surface area contributed by atoms with E-state index in [0.29, 0.717) is 53.5 Å². The van der Waals surface area contributed by atoms with Crippen LogP contribution in [0, 0.1) is 12.8 Å². The van der Waals surface area contributed by atoms with E-state index in [2.05, 4.69) is 10.6 Å². The molecular weight excluding hydrogens is 466 g/mol. The lowest BCUT2D eigenvalue weighted by molar-refractivity contribution is -0.123. The first-order valence-corrected chi connectivity index (χ1v) is 12.7. The maximum absolute atomic E-state index is 13.5. The molecule has 2 aromatic carbocycles. The minimum absolute atomic E-state index is 0.0838. The highest BCUT2D eigenvalue weighted by molar-refractivity contribution is 7.89. The molecule has 2 atom stereocenters. The number of piperidine rings is 1. The van der Waals surface area contributed by atoms with Crippen LogP contribution in [-0.2, 0) is 19.6 Å². The van der Waals surface area contributed by atoms with Crippen molar-refractivity contribution >= 4 is 44.8 Å². The van der Waals surface area contributed by atoms with Crippen molar-refractivity contribution in [1.82, 2.24) is 4.31 Å². The van der Waals surface area contributed by atoms with Gasteiger partial charge in [-0.05, 0) is 56.0 Å². The third-order valence-electron chi connectivity index (χ3n) is 5.93. The Labute approximate surface area is 198 Å². The van der Waals surface area contributed by atoms with Crippen molar-refractivity contribution < 1.29 is 22.7 Å². The maximum Gasteiger partial charge on any atom is 0.265 e. The number of carbonyl (C=O) groups is 2. The van der Waals surface area contributed by atoms with Gasteiger partial charge >= 0.3 is 0 Å². The number of hydrogen-bond donors (Lipinski definition) is 2. The van der Waals surface area contributed by atoms with Gasteiger partial charge in [-0.25, -0.2) is 8.42 Å². The van der Waals surface area contributed by atoms with E-state index in [-0.39, 0.29) is 23.3 Å². The van der Waals surface area contributed by atoms with Crippen LogP contribution in [0.4, 0.5) is 11.4 Å². The summed E-state index contributed by atoms with van der Waals surface area (Å²) in [6.07, 6.45) is 0.970. The summed E-state index contributed by atoms with van der Waals surface area (Å²) < 4.78 is 34.1. The van der Waals surface area contributed by atoms with Crippen molar-refractivity contribution in [3.05, 3.63) is 47.0 Å². The number of ether oxygens (including phenoxy) is 1. The molecular formula is C23H26ClN3O5S. The zero-order valence-corrected chi connectivity index (χ0v) is 20.0. The molecule has 0 saturated carbocycles. The number of hydrogen-bond acceptors (Lipinski definition) is 5. The van der Waals surface area contributed by atoms with Crippen LogP contribution in [0.5, 0.6) is 5.75 Å². The van der Waals surface area contributed by atoms with E-state index in [4.69, 9.17) is 16.3 Å². The molecule has 2 amide bonds. The number of aryl methyl sites for hydroxylation is 1. The van der Waals surface area contributed by atoms with Gasteiger partial charge in [-0.2, -0.15) is 4.31 Å². The Hall–Kier alpha value is -2.62. The quantitative estimate of drug-likeness (QED) is 0.662. The van der Waals surface area contributed by atoms with Gasteiger partial charge in [-0.15, -0.1) is 0 Å². The third kappa shape index (κ3) is 4.85. The number of nitrogens with one attached hydrogen (secondary N) is 2. The van der Waals surface area contributed by atoms with Gasteiger partial charge in [-0.3, -0.25) is 9.59 Å². The summed E-state index contributed by atoms with van der Waals surface area (Å²) in [6, 6.07) is 9.92. The van der Waals surface area contributed by atoms with Crippen LogP contribution in [0.15, 0.2) is 41.3 Å². The van der Waals surface area contributed by atoms with Crippen molar-refractivity contribution in [2.75, 3.05) is 23.7 Å². The first-order chi connectivity index (χ1) is 15.7. The van der Waals surface area contributed by atoms with Gasteiger partial charge in [0.05, 0.1) is 16.5 Å². The van der Waals surface area contributed by atoms with E-state index in [9.17, 15) is 18.0 Å². The average molecular weight is 492 g/mol. The molecule has 0 radical (unpaired) electrons. The minimum Gasteiger partial charge on any atom is -0.478 e. The summed E-state index contributed by atoms with van der Waals surface area (Å²) in [5.41, 5.74) is 1.53. The number of nitrogens with zero attached hydrogens (tertiary/aromatic N) is 1. The molecule has 1 fully saturated rings. The van der Waals surface area contributed by atoms with E-state index in [0.717, 1.165) is 0 Å². The molecule has 2 aromatic rings. The molecule has 1 saturated heterocycles. The standard InChI is InChI=1S/C23H26ClN3O5S/c1-3-19-23(29)26-18-10-14(2)21(12-20(18)32-19)33(30,31)27-9-5-6-15(13-27)22(28)25-17-8-4-7-16(24)11-17/h4,7-8,10-12,15,19H,3,5-6,9,13H2,1-2H3,(H,25,28)(H,26,29)/t15-,19-/m0/s1. The molecule has 33 heavy (non-hydrogen) atoms. The van der Waals surface area contributed by atoms with Crippen LogP contribution in [0.1, 0.15) is 31.7 Å². The first kappa shape index (κ1) is 23.5. The van der Waals surface area contributed by atoms with Crippen molar-refractivity contribution in [1.29, 1.82) is 0 Å². The Morgan fingerprint density at radius 3 is 2.82 bits per heavy atom. The molecule has 10 heteroatoms. The fourth-order valence-corrected chi connectivity index (χ4v) is 6.09. The van der Waals surface area contributed by atoms with Crippen LogP contribution in [-0.4, -0.2) is 43.7 Å². The average Bonchev–Trinajstić information content (AvgIpc) is 2.78. The Balaban J connectivity index is 1.55. The summed E-state index contributed by atoms with van der Waals surface area (Å²) in [5, 5.41) is 6.11. The number of anilines is 2. The molecule has 2 aliphatic heterocycles. The summed E-state index contributed by atoms with van der Waals surface area (Å²) in [4.78, 5) is 25.0. The summed E-state index contributed by atoms with van der Waals surface area (Å²) in [6.45, 7) is 3.91. The van der Waals surface area contributed by atoms with E-state index >= 15 is 0 Å². The SMILES string of the molecule is CC[C@@H]1Oc2cc(S(=O)(=O)N3CCC[C@H](C(=O)Nc4cccc(Cl)c4)C3)c(C)cc2NC1=O. The van der Waals surface area contributed by atoms with Gasteiger partial charge in [0.2, 0.25) is 15.9 Å². The molecule has 0 aliphatic carbocycles. The van der Waals surface area contributed by atoms with E-state index in [1.807, 2.05) is 6.92 Å². The van der Waals surface area contributed by atoms with Gasteiger partial charge in [0.15, 0.2) is 6.10 Å². The second kappa shape index (κ2) is 9.32. The second-order valence-corrected chi connectivity index (χ2v) is 10.7. The topological polar surface area (TPSA) is 105 Å². The predicted molar refractivity (Wildman–Crippen MR) is 126 cm³/mol. The molecule has 8 nitrogen and oxygen atoms in total. The van der Waals surface area contributed by atoms with E-state index in [1.54, 1.807) is 37.3 Å². The number of amides is 2. The Bertz CT molecular complexity index is 1200. The van der Waals surface area contributed by atoms with Crippen LogP contribution in [0.3, 0.4) is 0 Å². The van der Waals surface area contributed by atoms with Crippen molar-refractivity contribution in [3.8, 4) is 5.75 Å². The lowest BCUT2D eigenvalue weighted by atomic mass is 9.99. The fraction of sp³-hybridized carbons (Fsp3) is 0.391. The van der Waals surface area contributed by atoms with Crippen molar-refractivity contribution in [3.63, 3.8) is 0 Å². The highest BCUT2D eigenvalue weighted by atomic mass is 35.5. The fourth-order valence-electron chi connectivity index (χ4n) is 4.16. The predicted octanol–water partition coefficient (Wildman–Crippen LogP) is 3.80. The first-order valence-electron chi connectivity index (χ1n) is 10.9. The summed E-state index contributed by atoms with van der Waals surface area (Å²) in [5.74, 6) is -0.635. The normalized spacial score (nSPS) is 21.0. The van der Waals surface area contributed by atoms with Crippen LogP contribution < -0.4 is 15.4 Å². The molecule has 0 bridgehead atoms.